The molecule has 3 aromatic rings. The Balaban J connectivity index is 1.33. The average molecular weight is 741 g/mol. The topological polar surface area (TPSA) is 319 Å². The highest BCUT2D eigenvalue weighted by Crippen LogP contribution is 2.39. The summed E-state index contributed by atoms with van der Waals surface area (Å²) in [5.74, 6) is -2.15. The van der Waals surface area contributed by atoms with Gasteiger partial charge in [0, 0.05) is 24.1 Å². The second-order valence-electron chi connectivity index (χ2n) is 13.0. The number of ether oxygens (including phenoxy) is 5. The molecule has 15 atom stereocenters. The number of fused-ring (bicyclic) bond motifs is 1. The molecule has 0 radical (unpaired) electrons. The van der Waals surface area contributed by atoms with Crippen LogP contribution in [0.3, 0.4) is 0 Å². The van der Waals surface area contributed by atoms with Gasteiger partial charge in [0.25, 0.3) is 0 Å². The molecule has 12 N–H and O–H groups in total. The lowest BCUT2D eigenvalue weighted by Gasteiger charge is -2.47. The van der Waals surface area contributed by atoms with E-state index in [1.165, 1.54) is 31.2 Å². The van der Waals surface area contributed by atoms with E-state index in [1.54, 1.807) is 0 Å². The largest absolute Gasteiger partial charge is 0.508 e. The van der Waals surface area contributed by atoms with Crippen LogP contribution in [0.4, 0.5) is 0 Å². The Labute approximate surface area is 293 Å². The van der Waals surface area contributed by atoms with Crippen LogP contribution in [-0.4, -0.2) is 160 Å². The van der Waals surface area contributed by atoms with Crippen LogP contribution < -0.4 is 10.2 Å². The number of aliphatic hydroxyl groups excluding tert-OH is 9. The first-order valence-corrected chi connectivity index (χ1v) is 16.3. The number of rotatable bonds is 8. The van der Waals surface area contributed by atoms with Crippen molar-refractivity contribution in [1.82, 2.24) is 0 Å². The maximum atomic E-state index is 13.9. The fraction of sp³-hybridized carbons (Fsp3) is 0.545. The minimum absolute atomic E-state index is 0.136. The zero-order valence-corrected chi connectivity index (χ0v) is 27.3. The van der Waals surface area contributed by atoms with Crippen molar-refractivity contribution >= 4 is 11.0 Å². The van der Waals surface area contributed by atoms with Crippen molar-refractivity contribution in [3.8, 4) is 34.3 Å². The predicted molar refractivity (Wildman–Crippen MR) is 170 cm³/mol. The summed E-state index contributed by atoms with van der Waals surface area (Å²) in [6.45, 7) is 0.623. The summed E-state index contributed by atoms with van der Waals surface area (Å²) in [5.41, 5.74) is -1.07. The van der Waals surface area contributed by atoms with E-state index in [0.717, 1.165) is 12.1 Å². The van der Waals surface area contributed by atoms with Crippen LogP contribution >= 0.6 is 0 Å². The first-order chi connectivity index (χ1) is 24.6. The number of phenols is 3. The quantitative estimate of drug-likeness (QED) is 0.108. The van der Waals surface area contributed by atoms with Crippen LogP contribution in [0.2, 0.25) is 0 Å². The predicted octanol–water partition coefficient (Wildman–Crippen LogP) is -3.15. The van der Waals surface area contributed by atoms with Crippen molar-refractivity contribution < 1.29 is 89.4 Å². The molecule has 0 saturated carbocycles. The molecule has 286 valence electrons. The Hall–Kier alpha value is -3.67. The maximum Gasteiger partial charge on any atom is 0.239 e. The number of aromatic hydroxyl groups is 3. The van der Waals surface area contributed by atoms with Gasteiger partial charge in [-0.2, -0.15) is 0 Å². The minimum Gasteiger partial charge on any atom is -0.508 e. The SMILES string of the molecule is C[C@@H]1O[C@@H](Oc2c(-c3ccc(O)cc3)oc3cc(O)cc(O)c3c2=O)[C@H](O[C@@H]2O[C@@H](C[C@@H]3O[C@H](CO)[C@@H](O)[C@H](O)[C@H]3O)[C@H](O)[C@@H](O)[C@H]2O)[C@H](O)[C@H]1O. The van der Waals surface area contributed by atoms with Gasteiger partial charge >= 0.3 is 0 Å². The van der Waals surface area contributed by atoms with Gasteiger partial charge in [-0.05, 0) is 31.2 Å². The van der Waals surface area contributed by atoms with Crippen molar-refractivity contribution in [2.45, 2.75) is 105 Å². The normalized spacial score (nSPS) is 38.3. The third-order valence-electron chi connectivity index (χ3n) is 9.48. The molecule has 52 heavy (non-hydrogen) atoms. The molecular formula is C33H40O19. The molecule has 19 nitrogen and oxygen atoms in total. The molecule has 0 amide bonds. The molecule has 3 aliphatic rings. The molecule has 4 heterocycles. The van der Waals surface area contributed by atoms with Gasteiger partial charge in [-0.25, -0.2) is 0 Å². The molecule has 0 spiro atoms. The van der Waals surface area contributed by atoms with Gasteiger partial charge in [-0.1, -0.05) is 0 Å². The highest BCUT2D eigenvalue weighted by Gasteiger charge is 2.53. The summed E-state index contributed by atoms with van der Waals surface area (Å²) in [5, 5.41) is 125. The summed E-state index contributed by atoms with van der Waals surface area (Å²) in [6.07, 6.45) is -26.0. The molecule has 1 aromatic heterocycles. The van der Waals surface area contributed by atoms with E-state index >= 15 is 0 Å². The highest BCUT2D eigenvalue weighted by molar-refractivity contribution is 5.88. The molecule has 3 aliphatic heterocycles. The molecule has 3 fully saturated rings. The van der Waals surface area contributed by atoms with Gasteiger partial charge in [0.2, 0.25) is 17.5 Å². The van der Waals surface area contributed by atoms with Crippen LogP contribution in [0.25, 0.3) is 22.3 Å². The number of benzene rings is 2. The fourth-order valence-corrected chi connectivity index (χ4v) is 6.52. The van der Waals surface area contributed by atoms with E-state index < -0.39 is 133 Å². The Bertz CT molecular complexity index is 1760. The summed E-state index contributed by atoms with van der Waals surface area (Å²) in [7, 11) is 0. The standard InChI is InChI=1S/C33H40O19/c1-10-20(38)27(45)31(52-32-28(46)26(44)22(40)17(50-32)8-16-21(39)25(43)23(41)18(9-34)48-16)33(47-10)51-30-24(42)19-14(37)6-13(36)7-15(19)49-29(30)11-2-4-12(35)5-3-11/h2-7,10,16-18,20-23,25-28,31-41,43-46H,8-9H2,1H3/t10-,16-,17-,18+,20-,21-,22-,23+,25+,26+,27+,28+,31+,32-,33-/m0/s1. The number of aliphatic hydroxyl groups is 9. The third-order valence-corrected chi connectivity index (χ3v) is 9.48. The van der Waals surface area contributed by atoms with Crippen molar-refractivity contribution in [2.75, 3.05) is 6.61 Å². The van der Waals surface area contributed by atoms with E-state index in [1.807, 2.05) is 0 Å². The number of hydrogen-bond donors (Lipinski definition) is 12. The van der Waals surface area contributed by atoms with Gasteiger partial charge in [-0.15, -0.1) is 0 Å². The third kappa shape index (κ3) is 7.03. The minimum atomic E-state index is -2.02. The molecule has 3 saturated heterocycles. The second kappa shape index (κ2) is 15.0. The van der Waals surface area contributed by atoms with Crippen LogP contribution in [0.5, 0.6) is 23.0 Å². The first kappa shape index (κ1) is 38.1. The van der Waals surface area contributed by atoms with Crippen molar-refractivity contribution in [3.63, 3.8) is 0 Å². The van der Waals surface area contributed by atoms with Crippen LogP contribution in [-0.2, 0) is 18.9 Å². The zero-order chi connectivity index (χ0) is 37.8. The van der Waals surface area contributed by atoms with Crippen LogP contribution in [0, 0.1) is 0 Å². The Morgan fingerprint density at radius 3 is 1.94 bits per heavy atom. The summed E-state index contributed by atoms with van der Waals surface area (Å²) < 4.78 is 34.7. The Morgan fingerprint density at radius 2 is 1.29 bits per heavy atom. The lowest BCUT2D eigenvalue weighted by atomic mass is 9.88. The fourth-order valence-electron chi connectivity index (χ4n) is 6.52. The summed E-state index contributed by atoms with van der Waals surface area (Å²) in [6, 6.07) is 7.22. The molecule has 0 bridgehead atoms. The van der Waals surface area contributed by atoms with Gasteiger partial charge < -0.3 is 89.4 Å². The van der Waals surface area contributed by atoms with Crippen LogP contribution in [0.15, 0.2) is 45.6 Å². The van der Waals surface area contributed by atoms with Crippen molar-refractivity contribution in [2.24, 2.45) is 0 Å². The molecule has 6 rings (SSSR count). The van der Waals surface area contributed by atoms with Crippen molar-refractivity contribution in [1.29, 1.82) is 0 Å². The molecule has 0 unspecified atom stereocenters. The molecule has 2 aromatic carbocycles. The molecular weight excluding hydrogens is 700 g/mol. The molecule has 0 aliphatic carbocycles. The van der Waals surface area contributed by atoms with E-state index in [2.05, 4.69) is 0 Å². The molecule has 19 heteroatoms. The first-order valence-electron chi connectivity index (χ1n) is 16.3. The number of phenolic OH excluding ortho intramolecular Hbond substituents is 3. The Morgan fingerprint density at radius 1 is 0.673 bits per heavy atom. The smallest absolute Gasteiger partial charge is 0.239 e. The summed E-state index contributed by atoms with van der Waals surface area (Å²) in [4.78, 5) is 13.9. The van der Waals surface area contributed by atoms with E-state index in [0.29, 0.717) is 0 Å². The summed E-state index contributed by atoms with van der Waals surface area (Å²) >= 11 is 0. The lowest BCUT2D eigenvalue weighted by Crippen LogP contribution is -2.65. The number of hydrogen-bond acceptors (Lipinski definition) is 19. The van der Waals surface area contributed by atoms with Gasteiger partial charge in [0.15, 0.2) is 18.2 Å². The average Bonchev–Trinajstić information content (AvgIpc) is 3.10. The second-order valence-corrected chi connectivity index (χ2v) is 13.0. The van der Waals surface area contributed by atoms with E-state index in [-0.39, 0.29) is 22.7 Å². The van der Waals surface area contributed by atoms with Crippen LogP contribution in [0.1, 0.15) is 13.3 Å². The maximum absolute atomic E-state index is 13.9. The van der Waals surface area contributed by atoms with E-state index in [9.17, 15) is 66.1 Å². The lowest BCUT2D eigenvalue weighted by molar-refractivity contribution is -0.357. The van der Waals surface area contributed by atoms with Crippen molar-refractivity contribution in [3.05, 3.63) is 46.6 Å². The van der Waals surface area contributed by atoms with E-state index in [4.69, 9.17) is 28.1 Å². The van der Waals surface area contributed by atoms with Gasteiger partial charge in [0.05, 0.1) is 24.9 Å². The highest BCUT2D eigenvalue weighted by atomic mass is 16.8. The monoisotopic (exact) mass is 740 g/mol. The Kier molecular flexibility index (Phi) is 11.0. The zero-order valence-electron chi connectivity index (χ0n) is 27.3. The van der Waals surface area contributed by atoms with Gasteiger partial charge in [0.1, 0.15) is 83.2 Å². The van der Waals surface area contributed by atoms with Gasteiger partial charge in [-0.3, -0.25) is 4.79 Å².